The molecule has 1 fully saturated rings. The molecule has 0 radical (unpaired) electrons. The highest BCUT2D eigenvalue weighted by molar-refractivity contribution is 4.81. The molecular weight excluding hydrogens is 158 g/mol. The van der Waals surface area contributed by atoms with E-state index >= 15 is 0 Å². The van der Waals surface area contributed by atoms with Crippen molar-refractivity contribution >= 4 is 0 Å². The van der Waals surface area contributed by atoms with Gasteiger partial charge >= 0.3 is 0 Å². The number of nitrogens with two attached hydrogens (primary N) is 1. The maximum absolute atomic E-state index is 5.98. The zero-order chi connectivity index (χ0) is 9.84. The molecule has 13 heavy (non-hydrogen) atoms. The molecule has 0 spiro atoms. The van der Waals surface area contributed by atoms with Gasteiger partial charge in [0.15, 0.2) is 0 Å². The summed E-state index contributed by atoms with van der Waals surface area (Å²) in [6, 6.07) is 0.372. The van der Waals surface area contributed by atoms with Gasteiger partial charge < -0.3 is 5.73 Å². The molecule has 0 amide bonds. The van der Waals surface area contributed by atoms with Gasteiger partial charge in [-0.15, -0.1) is 0 Å². The summed E-state index contributed by atoms with van der Waals surface area (Å²) in [6.45, 7) is 6.83. The van der Waals surface area contributed by atoms with Gasteiger partial charge in [0, 0.05) is 6.04 Å². The van der Waals surface area contributed by atoms with Crippen molar-refractivity contribution < 1.29 is 0 Å². The van der Waals surface area contributed by atoms with Gasteiger partial charge in [-0.05, 0) is 31.1 Å². The number of rotatable bonds is 3. The van der Waals surface area contributed by atoms with Gasteiger partial charge in [-0.3, -0.25) is 0 Å². The lowest BCUT2D eigenvalue weighted by atomic mass is 9.70. The van der Waals surface area contributed by atoms with Crippen LogP contribution >= 0.6 is 0 Å². The van der Waals surface area contributed by atoms with E-state index in [0.29, 0.717) is 12.0 Å². The fourth-order valence-corrected chi connectivity index (χ4v) is 2.83. The van der Waals surface area contributed by atoms with E-state index in [2.05, 4.69) is 20.8 Å². The van der Waals surface area contributed by atoms with Crippen LogP contribution in [0.25, 0.3) is 0 Å². The Morgan fingerprint density at radius 2 is 1.85 bits per heavy atom. The third-order valence-corrected chi connectivity index (χ3v) is 4.00. The van der Waals surface area contributed by atoms with Crippen LogP contribution in [-0.2, 0) is 0 Å². The summed E-state index contributed by atoms with van der Waals surface area (Å²) >= 11 is 0. The van der Waals surface area contributed by atoms with Gasteiger partial charge in [0.1, 0.15) is 0 Å². The minimum Gasteiger partial charge on any atom is -0.328 e. The predicted octanol–water partition coefficient (Wildman–Crippen LogP) is 3.19. The first-order chi connectivity index (χ1) is 6.16. The first-order valence-electron chi connectivity index (χ1n) is 5.92. The molecular formula is C12H25N. The van der Waals surface area contributed by atoms with E-state index in [9.17, 15) is 0 Å². The molecule has 0 aliphatic heterocycles. The monoisotopic (exact) mass is 183 g/mol. The summed E-state index contributed by atoms with van der Waals surface area (Å²) in [5, 5.41) is 0. The Hall–Kier alpha value is -0.0400. The van der Waals surface area contributed by atoms with Gasteiger partial charge in [0.05, 0.1) is 0 Å². The van der Waals surface area contributed by atoms with Crippen LogP contribution in [-0.4, -0.2) is 6.04 Å². The van der Waals surface area contributed by atoms with Gasteiger partial charge in [0.25, 0.3) is 0 Å². The van der Waals surface area contributed by atoms with Gasteiger partial charge in [-0.2, -0.15) is 0 Å². The maximum atomic E-state index is 5.98. The Bertz CT molecular complexity index is 140. The normalized spacial score (nSPS) is 34.2. The largest absolute Gasteiger partial charge is 0.328 e. The summed E-state index contributed by atoms with van der Waals surface area (Å²) in [5.41, 5.74) is 5.98. The highest BCUT2D eigenvalue weighted by atomic mass is 14.6. The standard InChI is InChI=1S/C12H25N/c1-4-11-7-5-6-8-12(11)9(2)10(3)13/h9-12H,4-8,13H2,1-3H3. The Kier molecular flexibility index (Phi) is 4.24. The Morgan fingerprint density at radius 3 is 2.38 bits per heavy atom. The quantitative estimate of drug-likeness (QED) is 0.714. The molecule has 1 aliphatic rings. The average molecular weight is 183 g/mol. The maximum Gasteiger partial charge on any atom is 0.00388 e. The van der Waals surface area contributed by atoms with Crippen molar-refractivity contribution in [3.8, 4) is 0 Å². The smallest absolute Gasteiger partial charge is 0.00388 e. The van der Waals surface area contributed by atoms with Crippen LogP contribution in [0.4, 0.5) is 0 Å². The Morgan fingerprint density at radius 1 is 1.23 bits per heavy atom. The van der Waals surface area contributed by atoms with E-state index < -0.39 is 0 Å². The molecule has 78 valence electrons. The molecule has 0 saturated heterocycles. The summed E-state index contributed by atoms with van der Waals surface area (Å²) in [7, 11) is 0. The van der Waals surface area contributed by atoms with E-state index in [1.807, 2.05) is 0 Å². The molecule has 1 saturated carbocycles. The van der Waals surface area contributed by atoms with Crippen molar-refractivity contribution in [2.24, 2.45) is 23.5 Å². The van der Waals surface area contributed by atoms with Crippen molar-refractivity contribution in [3.63, 3.8) is 0 Å². The van der Waals surface area contributed by atoms with Crippen LogP contribution < -0.4 is 5.73 Å². The summed E-state index contributed by atoms with van der Waals surface area (Å²) < 4.78 is 0. The molecule has 1 aliphatic carbocycles. The molecule has 4 atom stereocenters. The third-order valence-electron chi connectivity index (χ3n) is 4.00. The number of hydrogen-bond donors (Lipinski definition) is 1. The second-order valence-corrected chi connectivity index (χ2v) is 4.83. The molecule has 1 nitrogen and oxygen atoms in total. The zero-order valence-corrected chi connectivity index (χ0v) is 9.42. The van der Waals surface area contributed by atoms with Crippen molar-refractivity contribution in [1.82, 2.24) is 0 Å². The minimum absolute atomic E-state index is 0.372. The van der Waals surface area contributed by atoms with Gasteiger partial charge in [-0.1, -0.05) is 39.5 Å². The molecule has 1 heteroatoms. The lowest BCUT2D eigenvalue weighted by molar-refractivity contribution is 0.151. The summed E-state index contributed by atoms with van der Waals surface area (Å²) in [6.07, 6.45) is 7.08. The van der Waals surface area contributed by atoms with Crippen LogP contribution in [0.5, 0.6) is 0 Å². The first-order valence-corrected chi connectivity index (χ1v) is 5.92. The van der Waals surface area contributed by atoms with Crippen LogP contribution in [0.2, 0.25) is 0 Å². The highest BCUT2D eigenvalue weighted by Crippen LogP contribution is 2.37. The van der Waals surface area contributed by atoms with Crippen LogP contribution in [0, 0.1) is 17.8 Å². The Balaban J connectivity index is 2.53. The minimum atomic E-state index is 0.372. The average Bonchev–Trinajstić information content (AvgIpc) is 2.16. The fourth-order valence-electron chi connectivity index (χ4n) is 2.83. The van der Waals surface area contributed by atoms with Gasteiger partial charge in [0.2, 0.25) is 0 Å². The van der Waals surface area contributed by atoms with E-state index in [1.54, 1.807) is 0 Å². The fraction of sp³-hybridized carbons (Fsp3) is 1.00. The third kappa shape index (κ3) is 2.70. The molecule has 2 N–H and O–H groups in total. The lowest BCUT2D eigenvalue weighted by Gasteiger charge is -2.37. The zero-order valence-electron chi connectivity index (χ0n) is 9.42. The molecule has 4 unspecified atom stereocenters. The predicted molar refractivity (Wildman–Crippen MR) is 58.6 cm³/mol. The van der Waals surface area contributed by atoms with Gasteiger partial charge in [-0.25, -0.2) is 0 Å². The SMILES string of the molecule is CCC1CCCCC1C(C)C(C)N. The molecule has 0 aromatic carbocycles. The van der Waals surface area contributed by atoms with E-state index in [-0.39, 0.29) is 0 Å². The first kappa shape index (κ1) is 11.0. The topological polar surface area (TPSA) is 26.0 Å². The molecule has 0 aromatic rings. The van der Waals surface area contributed by atoms with Crippen molar-refractivity contribution in [3.05, 3.63) is 0 Å². The second-order valence-electron chi connectivity index (χ2n) is 4.83. The van der Waals surface area contributed by atoms with Crippen molar-refractivity contribution in [2.45, 2.75) is 58.9 Å². The van der Waals surface area contributed by atoms with Crippen molar-refractivity contribution in [1.29, 1.82) is 0 Å². The van der Waals surface area contributed by atoms with E-state index in [4.69, 9.17) is 5.73 Å². The lowest BCUT2D eigenvalue weighted by Crippen LogP contribution is -2.35. The molecule has 1 rings (SSSR count). The summed E-state index contributed by atoms with van der Waals surface area (Å²) in [4.78, 5) is 0. The summed E-state index contributed by atoms with van der Waals surface area (Å²) in [5.74, 6) is 2.57. The van der Waals surface area contributed by atoms with Crippen LogP contribution in [0.3, 0.4) is 0 Å². The van der Waals surface area contributed by atoms with Crippen molar-refractivity contribution in [2.75, 3.05) is 0 Å². The van der Waals surface area contributed by atoms with Crippen LogP contribution in [0.1, 0.15) is 52.9 Å². The van der Waals surface area contributed by atoms with Crippen LogP contribution in [0.15, 0.2) is 0 Å². The molecule has 0 bridgehead atoms. The van der Waals surface area contributed by atoms with E-state index in [1.165, 1.54) is 32.1 Å². The molecule has 0 aromatic heterocycles. The molecule has 0 heterocycles. The Labute approximate surface area is 83.1 Å². The second kappa shape index (κ2) is 4.99. The highest BCUT2D eigenvalue weighted by Gasteiger charge is 2.29. The van der Waals surface area contributed by atoms with E-state index in [0.717, 1.165) is 11.8 Å². The number of hydrogen-bond acceptors (Lipinski definition) is 1.